The van der Waals surface area contributed by atoms with Crippen LogP contribution in [0, 0.1) is 0 Å². The number of hydrogen-bond acceptors (Lipinski definition) is 5. The van der Waals surface area contributed by atoms with Crippen LogP contribution in [0.25, 0.3) is 5.69 Å². The summed E-state index contributed by atoms with van der Waals surface area (Å²) >= 11 is 6.23. The number of para-hydroxylation sites is 1. The Morgan fingerprint density at radius 3 is 2.82 bits per heavy atom. The van der Waals surface area contributed by atoms with Crippen molar-refractivity contribution in [1.82, 2.24) is 15.1 Å². The third kappa shape index (κ3) is 3.75. The van der Waals surface area contributed by atoms with Crippen LogP contribution < -0.4 is 14.8 Å². The molecule has 28 heavy (non-hydrogen) atoms. The number of carbonyl (C=O) groups excluding carboxylic acids is 1. The van der Waals surface area contributed by atoms with E-state index in [1.807, 2.05) is 36.4 Å². The quantitative estimate of drug-likeness (QED) is 0.689. The van der Waals surface area contributed by atoms with Crippen molar-refractivity contribution in [3.8, 4) is 22.9 Å². The number of hydrogen-bond donors (Lipinski definition) is 2. The van der Waals surface area contributed by atoms with Gasteiger partial charge in [-0.25, -0.2) is 4.68 Å². The molecular weight excluding hydrogens is 382 g/mol. The van der Waals surface area contributed by atoms with Crippen molar-refractivity contribution in [1.29, 1.82) is 0 Å². The smallest absolute Gasteiger partial charge is 0.275 e. The van der Waals surface area contributed by atoms with Crippen molar-refractivity contribution in [3.05, 3.63) is 64.9 Å². The van der Waals surface area contributed by atoms with Gasteiger partial charge in [-0.3, -0.25) is 4.79 Å². The number of halogens is 1. The largest absolute Gasteiger partial charge is 0.504 e. The van der Waals surface area contributed by atoms with Crippen LogP contribution in [0.3, 0.4) is 0 Å². The SMILES string of the molecule is O=C(NCCc1cc(Cl)c2c(c1)OCCO2)c1nn(-c2ccccc2)cc1O. The fourth-order valence-electron chi connectivity index (χ4n) is 2.95. The number of nitrogens with one attached hydrogen (secondary N) is 1. The van der Waals surface area contributed by atoms with Gasteiger partial charge in [0.25, 0.3) is 5.91 Å². The summed E-state index contributed by atoms with van der Waals surface area (Å²) in [7, 11) is 0. The first-order valence-electron chi connectivity index (χ1n) is 8.82. The average Bonchev–Trinajstić information content (AvgIpc) is 3.10. The van der Waals surface area contributed by atoms with E-state index in [0.29, 0.717) is 42.7 Å². The highest BCUT2D eigenvalue weighted by Gasteiger charge is 2.18. The van der Waals surface area contributed by atoms with Gasteiger partial charge in [-0.2, -0.15) is 5.10 Å². The Balaban J connectivity index is 1.40. The van der Waals surface area contributed by atoms with Crippen LogP contribution in [0.15, 0.2) is 48.7 Å². The summed E-state index contributed by atoms with van der Waals surface area (Å²) in [6.45, 7) is 1.31. The molecule has 4 rings (SSSR count). The molecule has 1 aromatic heterocycles. The van der Waals surface area contributed by atoms with Gasteiger partial charge in [-0.05, 0) is 36.2 Å². The summed E-state index contributed by atoms with van der Waals surface area (Å²) in [6, 6.07) is 12.9. The molecule has 1 aliphatic rings. The molecule has 0 atom stereocenters. The first-order chi connectivity index (χ1) is 13.6. The third-order valence-electron chi connectivity index (χ3n) is 4.29. The van der Waals surface area contributed by atoms with Gasteiger partial charge in [0, 0.05) is 6.54 Å². The van der Waals surface area contributed by atoms with Crippen LogP contribution in [0.2, 0.25) is 5.02 Å². The maximum absolute atomic E-state index is 12.4. The molecule has 0 radical (unpaired) electrons. The van der Waals surface area contributed by atoms with Gasteiger partial charge >= 0.3 is 0 Å². The van der Waals surface area contributed by atoms with Crippen molar-refractivity contribution >= 4 is 17.5 Å². The molecule has 0 bridgehead atoms. The van der Waals surface area contributed by atoms with Crippen LogP contribution >= 0.6 is 11.6 Å². The second-order valence-corrected chi connectivity index (χ2v) is 6.66. The van der Waals surface area contributed by atoms with E-state index in [4.69, 9.17) is 21.1 Å². The van der Waals surface area contributed by atoms with Gasteiger partial charge in [-0.1, -0.05) is 29.8 Å². The highest BCUT2D eigenvalue weighted by atomic mass is 35.5. The molecule has 0 saturated heterocycles. The van der Waals surface area contributed by atoms with Crippen molar-refractivity contribution in [2.75, 3.05) is 19.8 Å². The van der Waals surface area contributed by atoms with Gasteiger partial charge in [0.1, 0.15) is 13.2 Å². The van der Waals surface area contributed by atoms with Crippen LogP contribution in [-0.4, -0.2) is 40.6 Å². The maximum atomic E-state index is 12.4. The second kappa shape index (κ2) is 7.82. The van der Waals surface area contributed by atoms with E-state index in [0.717, 1.165) is 11.3 Å². The fraction of sp³-hybridized carbons (Fsp3) is 0.200. The maximum Gasteiger partial charge on any atom is 0.275 e. The van der Waals surface area contributed by atoms with Crippen molar-refractivity contribution < 1.29 is 19.4 Å². The molecule has 1 amide bonds. The Hall–Kier alpha value is -3.19. The van der Waals surface area contributed by atoms with Crippen molar-refractivity contribution in [2.45, 2.75) is 6.42 Å². The van der Waals surface area contributed by atoms with Crippen molar-refractivity contribution in [3.63, 3.8) is 0 Å². The predicted molar refractivity (Wildman–Crippen MR) is 104 cm³/mol. The number of ether oxygens (including phenoxy) is 2. The highest BCUT2D eigenvalue weighted by molar-refractivity contribution is 6.32. The molecule has 0 unspecified atom stereocenters. The first-order valence-corrected chi connectivity index (χ1v) is 9.20. The number of nitrogens with zero attached hydrogens (tertiary/aromatic N) is 2. The summed E-state index contributed by atoms with van der Waals surface area (Å²) in [5.74, 6) is 0.538. The van der Waals surface area contributed by atoms with E-state index in [9.17, 15) is 9.90 Å². The van der Waals surface area contributed by atoms with E-state index in [1.165, 1.54) is 10.9 Å². The van der Waals surface area contributed by atoms with Gasteiger partial charge < -0.3 is 19.9 Å². The lowest BCUT2D eigenvalue weighted by molar-refractivity contribution is 0.0946. The Morgan fingerprint density at radius 2 is 2.00 bits per heavy atom. The van der Waals surface area contributed by atoms with Gasteiger partial charge in [0.15, 0.2) is 22.9 Å². The minimum atomic E-state index is -0.448. The highest BCUT2D eigenvalue weighted by Crippen LogP contribution is 2.38. The Kier molecular flexibility index (Phi) is 5.08. The summed E-state index contributed by atoms with van der Waals surface area (Å²) in [5.41, 5.74) is 1.64. The summed E-state index contributed by atoms with van der Waals surface area (Å²) < 4.78 is 12.5. The van der Waals surface area contributed by atoms with Crippen molar-refractivity contribution in [2.24, 2.45) is 0 Å². The van der Waals surface area contributed by atoms with Gasteiger partial charge in [0.2, 0.25) is 0 Å². The summed E-state index contributed by atoms with van der Waals surface area (Å²) in [6.07, 6.45) is 1.95. The third-order valence-corrected chi connectivity index (χ3v) is 4.57. The lowest BCUT2D eigenvalue weighted by atomic mass is 10.1. The molecule has 1 aliphatic heterocycles. The zero-order chi connectivity index (χ0) is 19.5. The topological polar surface area (TPSA) is 85.6 Å². The number of aromatic nitrogens is 2. The Bertz CT molecular complexity index is 1000. The van der Waals surface area contributed by atoms with Gasteiger partial charge in [-0.15, -0.1) is 0 Å². The molecule has 0 fully saturated rings. The molecule has 0 saturated carbocycles. The zero-order valence-corrected chi connectivity index (χ0v) is 15.6. The van der Waals surface area contributed by atoms with Crippen LogP contribution in [-0.2, 0) is 6.42 Å². The zero-order valence-electron chi connectivity index (χ0n) is 14.9. The van der Waals surface area contributed by atoms with E-state index < -0.39 is 5.91 Å². The molecular formula is C20H18ClN3O4. The number of aromatic hydroxyl groups is 1. The first kappa shape index (κ1) is 18.2. The number of amides is 1. The Morgan fingerprint density at radius 1 is 1.21 bits per heavy atom. The number of rotatable bonds is 5. The molecule has 2 N–H and O–H groups in total. The molecule has 8 heteroatoms. The average molecular weight is 400 g/mol. The van der Waals surface area contributed by atoms with E-state index >= 15 is 0 Å². The summed E-state index contributed by atoms with van der Waals surface area (Å²) in [4.78, 5) is 12.4. The number of benzene rings is 2. The van der Waals surface area contributed by atoms with E-state index in [2.05, 4.69) is 10.4 Å². The summed E-state index contributed by atoms with van der Waals surface area (Å²) in [5, 5.41) is 17.5. The fourth-order valence-corrected chi connectivity index (χ4v) is 3.24. The monoisotopic (exact) mass is 399 g/mol. The van der Waals surface area contributed by atoms with E-state index in [-0.39, 0.29) is 11.4 Å². The lowest BCUT2D eigenvalue weighted by Gasteiger charge is -2.20. The minimum absolute atomic E-state index is 0.0240. The normalized spacial score (nSPS) is 12.6. The molecule has 3 aromatic rings. The predicted octanol–water partition coefficient (Wildman–Crippen LogP) is 2.98. The van der Waals surface area contributed by atoms with Crippen LogP contribution in [0.5, 0.6) is 17.2 Å². The second-order valence-electron chi connectivity index (χ2n) is 6.25. The van der Waals surface area contributed by atoms with Crippen LogP contribution in [0.1, 0.15) is 16.1 Å². The van der Waals surface area contributed by atoms with Crippen LogP contribution in [0.4, 0.5) is 0 Å². The minimum Gasteiger partial charge on any atom is -0.504 e. The molecule has 0 aliphatic carbocycles. The number of carbonyl (C=O) groups is 1. The standard InChI is InChI=1S/C20H18ClN3O4/c21-15-10-13(11-17-19(15)28-9-8-27-17)6-7-22-20(26)18-16(25)12-24(23-18)14-4-2-1-3-5-14/h1-5,10-12,25H,6-9H2,(H,22,26). The lowest BCUT2D eigenvalue weighted by Crippen LogP contribution is -2.26. The molecule has 0 spiro atoms. The molecule has 7 nitrogen and oxygen atoms in total. The Labute approximate surface area is 166 Å². The van der Waals surface area contributed by atoms with E-state index in [1.54, 1.807) is 6.07 Å². The van der Waals surface area contributed by atoms with Gasteiger partial charge in [0.05, 0.1) is 16.9 Å². The molecule has 144 valence electrons. The number of fused-ring (bicyclic) bond motifs is 1. The molecule has 2 heterocycles. The molecule has 2 aromatic carbocycles.